The molecular weight excluding hydrogens is 314 g/mol. The minimum absolute atomic E-state index is 0.244. The fourth-order valence-corrected chi connectivity index (χ4v) is 2.42. The summed E-state index contributed by atoms with van der Waals surface area (Å²) in [5.41, 5.74) is 1.22. The van der Waals surface area contributed by atoms with Gasteiger partial charge in [-0.25, -0.2) is 0 Å². The Kier molecular flexibility index (Phi) is 5.61. The number of esters is 1. The van der Waals surface area contributed by atoms with Crippen LogP contribution in [0.15, 0.2) is 42.5 Å². The van der Waals surface area contributed by atoms with Crippen molar-refractivity contribution in [3.8, 4) is 17.6 Å². The summed E-state index contributed by atoms with van der Waals surface area (Å²) in [6.07, 6.45) is 0.244. The minimum atomic E-state index is -0.662. The lowest BCUT2D eigenvalue weighted by Crippen LogP contribution is -2.10. The Balaban J connectivity index is 2.55. The maximum absolute atomic E-state index is 11.6. The van der Waals surface area contributed by atoms with E-state index < -0.39 is 5.92 Å². The summed E-state index contributed by atoms with van der Waals surface area (Å²) in [7, 11) is 1.54. The molecule has 0 N–H and O–H groups in total. The van der Waals surface area contributed by atoms with Crippen molar-refractivity contribution < 1.29 is 14.3 Å². The predicted octanol–water partition coefficient (Wildman–Crippen LogP) is 4.32. The van der Waals surface area contributed by atoms with Crippen LogP contribution < -0.4 is 9.47 Å². The van der Waals surface area contributed by atoms with Gasteiger partial charge in [0.05, 0.1) is 13.2 Å². The molecule has 0 aliphatic heterocycles. The Bertz CT molecular complexity index is 752. The van der Waals surface area contributed by atoms with Crippen molar-refractivity contribution in [2.75, 3.05) is 7.11 Å². The summed E-state index contributed by atoms with van der Waals surface area (Å²) >= 11 is 6.07. The molecule has 0 spiro atoms. The number of nitrogens with zero attached hydrogens (tertiary/aromatic N) is 1. The normalized spacial score (nSPS) is 11.4. The summed E-state index contributed by atoms with van der Waals surface area (Å²) in [6.45, 7) is 1.71. The van der Waals surface area contributed by atoms with Gasteiger partial charge in [-0.1, -0.05) is 36.7 Å². The summed E-state index contributed by atoms with van der Waals surface area (Å²) in [4.78, 5) is 11.6. The summed E-state index contributed by atoms with van der Waals surface area (Å²) in [6, 6.07) is 14.3. The van der Waals surface area contributed by atoms with E-state index in [0.29, 0.717) is 27.6 Å². The molecule has 2 aromatic rings. The van der Waals surface area contributed by atoms with E-state index in [1.165, 1.54) is 0 Å². The maximum Gasteiger partial charge on any atom is 0.310 e. The van der Waals surface area contributed by atoms with Crippen molar-refractivity contribution in [2.24, 2.45) is 0 Å². The molecular formula is C18H16ClNO3. The molecule has 0 aromatic heterocycles. The van der Waals surface area contributed by atoms with Gasteiger partial charge in [0, 0.05) is 22.6 Å². The molecule has 2 aromatic carbocycles. The molecule has 0 aliphatic carbocycles. The smallest absolute Gasteiger partial charge is 0.310 e. The molecule has 0 heterocycles. The molecule has 1 unspecified atom stereocenters. The highest BCUT2D eigenvalue weighted by Gasteiger charge is 2.22. The molecule has 0 saturated carbocycles. The van der Waals surface area contributed by atoms with Crippen LogP contribution in [0, 0.1) is 11.3 Å². The largest absolute Gasteiger partial charge is 0.496 e. The fourth-order valence-electron chi connectivity index (χ4n) is 2.24. The Hall–Kier alpha value is -2.51. The summed E-state index contributed by atoms with van der Waals surface area (Å²) in [5.74, 6) is -0.111. The molecule has 4 nitrogen and oxygen atoms in total. The average molecular weight is 330 g/mol. The maximum atomic E-state index is 11.6. The number of hydrogen-bond donors (Lipinski definition) is 0. The van der Waals surface area contributed by atoms with Crippen LogP contribution in [-0.2, 0) is 4.79 Å². The van der Waals surface area contributed by atoms with Gasteiger partial charge >= 0.3 is 5.97 Å². The number of carbonyl (C=O) groups is 1. The van der Waals surface area contributed by atoms with Gasteiger partial charge < -0.3 is 9.47 Å². The van der Waals surface area contributed by atoms with Gasteiger partial charge in [0.1, 0.15) is 17.4 Å². The second kappa shape index (κ2) is 7.66. The van der Waals surface area contributed by atoms with Crippen LogP contribution in [-0.4, -0.2) is 13.1 Å². The monoisotopic (exact) mass is 329 g/mol. The molecule has 118 valence electrons. The van der Waals surface area contributed by atoms with Crippen LogP contribution in [0.5, 0.6) is 11.5 Å². The van der Waals surface area contributed by atoms with Crippen molar-refractivity contribution in [1.82, 2.24) is 0 Å². The topological polar surface area (TPSA) is 59.3 Å². The predicted molar refractivity (Wildman–Crippen MR) is 87.8 cm³/mol. The number of rotatable bonds is 5. The van der Waals surface area contributed by atoms with E-state index in [-0.39, 0.29) is 12.4 Å². The zero-order chi connectivity index (χ0) is 16.8. The number of ether oxygens (including phenoxy) is 2. The molecule has 0 bridgehead atoms. The lowest BCUT2D eigenvalue weighted by molar-refractivity contribution is -0.134. The van der Waals surface area contributed by atoms with Crippen LogP contribution in [0.4, 0.5) is 0 Å². The zero-order valence-electron chi connectivity index (χ0n) is 12.9. The number of benzene rings is 2. The third-order valence-corrected chi connectivity index (χ3v) is 3.61. The van der Waals surface area contributed by atoms with Crippen molar-refractivity contribution in [1.29, 1.82) is 5.26 Å². The van der Waals surface area contributed by atoms with Crippen LogP contribution in [0.2, 0.25) is 5.02 Å². The number of para-hydroxylation sites is 1. The first kappa shape index (κ1) is 16.9. The second-order valence-corrected chi connectivity index (χ2v) is 5.25. The highest BCUT2D eigenvalue weighted by atomic mass is 35.5. The average Bonchev–Trinajstić information content (AvgIpc) is 2.58. The quantitative estimate of drug-likeness (QED) is 0.605. The first-order chi connectivity index (χ1) is 11.1. The fraction of sp³-hybridized carbons (Fsp3) is 0.222. The van der Waals surface area contributed by atoms with Gasteiger partial charge in [-0.05, 0) is 24.3 Å². The molecule has 0 amide bonds. The Labute approximate surface area is 140 Å². The van der Waals surface area contributed by atoms with Crippen molar-refractivity contribution in [3.63, 3.8) is 0 Å². The van der Waals surface area contributed by atoms with E-state index in [1.54, 1.807) is 44.4 Å². The lowest BCUT2D eigenvalue weighted by atomic mass is 9.91. The molecule has 23 heavy (non-hydrogen) atoms. The van der Waals surface area contributed by atoms with Crippen molar-refractivity contribution in [3.05, 3.63) is 58.6 Å². The van der Waals surface area contributed by atoms with Crippen LogP contribution >= 0.6 is 11.6 Å². The van der Waals surface area contributed by atoms with E-state index in [2.05, 4.69) is 6.07 Å². The van der Waals surface area contributed by atoms with E-state index in [4.69, 9.17) is 21.1 Å². The summed E-state index contributed by atoms with van der Waals surface area (Å²) in [5, 5.41) is 10.1. The van der Waals surface area contributed by atoms with E-state index >= 15 is 0 Å². The Morgan fingerprint density at radius 2 is 1.96 bits per heavy atom. The number of methoxy groups -OCH3 is 1. The molecule has 1 atom stereocenters. The Morgan fingerprint density at radius 1 is 1.22 bits per heavy atom. The number of halogens is 1. The zero-order valence-corrected chi connectivity index (χ0v) is 13.6. The highest BCUT2D eigenvalue weighted by molar-refractivity contribution is 6.30. The number of hydrogen-bond acceptors (Lipinski definition) is 4. The highest BCUT2D eigenvalue weighted by Crippen LogP contribution is 2.37. The van der Waals surface area contributed by atoms with Gasteiger partial charge in [-0.15, -0.1) is 0 Å². The van der Waals surface area contributed by atoms with Gasteiger partial charge in [-0.3, -0.25) is 4.79 Å². The molecule has 0 saturated heterocycles. The minimum Gasteiger partial charge on any atom is -0.496 e. The van der Waals surface area contributed by atoms with E-state index in [0.717, 1.165) is 0 Å². The van der Waals surface area contributed by atoms with Crippen molar-refractivity contribution >= 4 is 17.6 Å². The SMILES string of the molecule is CCC(=O)Oc1ccc(Cl)cc1C(C#N)c1ccccc1OC. The third kappa shape index (κ3) is 3.82. The van der Waals surface area contributed by atoms with E-state index in [9.17, 15) is 10.1 Å². The first-order valence-electron chi connectivity index (χ1n) is 7.13. The Morgan fingerprint density at radius 3 is 2.61 bits per heavy atom. The molecule has 0 aliphatic rings. The first-order valence-corrected chi connectivity index (χ1v) is 7.51. The van der Waals surface area contributed by atoms with Gasteiger partial charge in [0.2, 0.25) is 0 Å². The molecule has 5 heteroatoms. The molecule has 0 fully saturated rings. The van der Waals surface area contributed by atoms with Gasteiger partial charge in [-0.2, -0.15) is 5.26 Å². The van der Waals surface area contributed by atoms with Crippen LogP contribution in [0.1, 0.15) is 30.4 Å². The standard InChI is InChI=1S/C18H16ClNO3/c1-3-18(21)23-17-9-8-12(19)10-14(17)15(11-20)13-6-4-5-7-16(13)22-2/h4-10,15H,3H2,1-2H3. The number of carbonyl (C=O) groups excluding carboxylic acids is 1. The molecule has 0 radical (unpaired) electrons. The van der Waals surface area contributed by atoms with Gasteiger partial charge in [0.25, 0.3) is 0 Å². The van der Waals surface area contributed by atoms with Gasteiger partial charge in [0.15, 0.2) is 0 Å². The van der Waals surface area contributed by atoms with Crippen LogP contribution in [0.25, 0.3) is 0 Å². The second-order valence-electron chi connectivity index (χ2n) is 4.81. The van der Waals surface area contributed by atoms with Crippen LogP contribution in [0.3, 0.4) is 0 Å². The van der Waals surface area contributed by atoms with E-state index in [1.807, 2.05) is 12.1 Å². The van der Waals surface area contributed by atoms with Crippen molar-refractivity contribution in [2.45, 2.75) is 19.3 Å². The third-order valence-electron chi connectivity index (χ3n) is 3.37. The number of nitriles is 1. The summed E-state index contributed by atoms with van der Waals surface area (Å²) < 4.78 is 10.7. The lowest BCUT2D eigenvalue weighted by Gasteiger charge is -2.17. The molecule has 2 rings (SSSR count).